The zero-order valence-electron chi connectivity index (χ0n) is 66.8. The van der Waals surface area contributed by atoms with Crippen LogP contribution in [0.25, 0.3) is 0 Å². The Morgan fingerprint density at radius 1 is 0.437 bits per heavy atom. The fourth-order valence-corrected chi connectivity index (χ4v) is 9.47. The number of aliphatic hydroxyl groups excluding tert-OH is 1. The smallest absolute Gasteiger partial charge is 0.497 e. The van der Waals surface area contributed by atoms with Gasteiger partial charge in [0.1, 0.15) is 23.9 Å². The zero-order valence-corrected chi connectivity index (χ0v) is 68.4. The summed E-state index contributed by atoms with van der Waals surface area (Å²) in [6, 6.07) is 23.8. The molecule has 0 unspecified atom stereocenters. The molecule has 0 saturated carbocycles. The van der Waals surface area contributed by atoms with Gasteiger partial charge in [-0.1, -0.05) is 174 Å². The average Bonchev–Trinajstić information content (AvgIpc) is 1.88. The number of rotatable bonds is 14. The average molecular weight is 1460 g/mol. The minimum atomic E-state index is -4.68. The van der Waals surface area contributed by atoms with Gasteiger partial charge >= 0.3 is 6.36 Å². The number of aromatic amines is 1. The number of nitrogens with zero attached hydrogens (tertiary/aromatic N) is 9. The van der Waals surface area contributed by atoms with Gasteiger partial charge in [-0.05, 0) is 188 Å². The minimum absolute atomic E-state index is 0.0849. The topological polar surface area (TPSA) is 193 Å². The summed E-state index contributed by atoms with van der Waals surface area (Å²) in [5, 5.41) is 10.6. The summed E-state index contributed by atoms with van der Waals surface area (Å²) < 4.78 is 54.3. The molecule has 10 rings (SSSR count). The number of furan rings is 1. The molecule has 15 nitrogen and oxygen atoms in total. The highest BCUT2D eigenvalue weighted by Crippen LogP contribution is 2.28. The normalized spacial score (nSPS) is 10.7. The molecule has 10 aromatic rings. The van der Waals surface area contributed by atoms with Crippen LogP contribution in [0.15, 0.2) is 145 Å². The van der Waals surface area contributed by atoms with Gasteiger partial charge in [-0.25, -0.2) is 34.9 Å². The van der Waals surface area contributed by atoms with E-state index >= 15 is 0 Å². The first-order valence-corrected chi connectivity index (χ1v) is 37.0. The molecule has 0 amide bonds. The monoisotopic (exact) mass is 1460 g/mol. The molecular weight excluding hydrogens is 1340 g/mol. The molecule has 1 aromatic carbocycles. The van der Waals surface area contributed by atoms with Gasteiger partial charge in [-0.2, -0.15) is 0 Å². The number of alkyl halides is 3. The van der Waals surface area contributed by atoms with Crippen LogP contribution in [-0.2, 0) is 6.61 Å². The number of aromatic nitrogens is 10. The standard InChI is InChI=1S/C10H14O.C9H10F3NO.2C9H13N.C8H12N2O.C8H12N2.C8H13N.C8H12O.C7H11NOS.C7H11NS/c1-8(2)9-5-4-6-10(7-9)11-3;1-6(2)7-3-4-13-8(5-7)14-9(10,11)12;2*1-7(2)9-5-4-8(3)10-6-9;1-6(2)7-3-9-8(5-11)10-4-7;1-6(2)8-4-9-7(3)10-5-8;2*1-6(2)8-4-7(3)9-5-8;1-5(2)6-4-8-7(9-3)10-6;1-5(2)7-4-8-6(3)9-7/h4-8H,1-3H3;3-6H,1-2H3;2*4-7H,1-3H3;3-4,6,11H,5H2,1-2H3;4-6H,1-3H3;4-6,9H,1-3H3;4-6H,1-3H3;4-5H,1-3H3;4-5H,1-3H3. The number of benzene rings is 1. The Kier molecular flexibility index (Phi) is 44.6. The highest BCUT2D eigenvalue weighted by atomic mass is 32.1. The third kappa shape index (κ3) is 41.0. The number of thiazole rings is 2. The van der Waals surface area contributed by atoms with Gasteiger partial charge in [-0.15, -0.1) is 24.5 Å². The molecule has 0 saturated heterocycles. The third-order valence-electron chi connectivity index (χ3n) is 15.0. The molecule has 0 aliphatic rings. The van der Waals surface area contributed by atoms with Gasteiger partial charge in [0.2, 0.25) is 5.88 Å². The SMILES string of the molecule is CC(C)c1ccnc(OC(F)(F)F)c1.CC(C)c1cnc(CO)nc1.COc1cccc(C(C)C)c1.COc1ncc(C(C)C)s1.Cc1cc(C(C)C)c[nH]1.Cc1cc(C(C)C)co1.Cc1ccc(C(C)C)cn1.Cc1ccc(C(C)C)cn1.Cc1ncc(C(C)C)cn1.Cc1ncc(C(C)C)s1. The highest BCUT2D eigenvalue weighted by Gasteiger charge is 2.32. The number of aryl methyl sites for hydroxylation is 6. The first kappa shape index (κ1) is 92.8. The van der Waals surface area contributed by atoms with Crippen LogP contribution in [0, 0.1) is 41.5 Å². The molecule has 0 aliphatic heterocycles. The fraction of sp³-hybridized carbons (Fsp3) is 0.482. The number of pyridine rings is 3. The number of nitrogens with one attached hydrogen (secondary N) is 1. The Balaban J connectivity index is 0.000000574. The zero-order chi connectivity index (χ0) is 78.1. The summed E-state index contributed by atoms with van der Waals surface area (Å²) >= 11 is 3.39. The fourth-order valence-electron chi connectivity index (χ4n) is 7.95. The van der Waals surface area contributed by atoms with Crippen LogP contribution in [0.4, 0.5) is 13.2 Å². The first-order chi connectivity index (χ1) is 48.3. The van der Waals surface area contributed by atoms with E-state index in [1.807, 2.05) is 104 Å². The van der Waals surface area contributed by atoms with E-state index in [0.29, 0.717) is 59.1 Å². The van der Waals surface area contributed by atoms with Gasteiger partial charge in [0, 0.05) is 94.9 Å². The Morgan fingerprint density at radius 3 is 1.21 bits per heavy atom. The van der Waals surface area contributed by atoms with Gasteiger partial charge in [0.15, 0.2) is 5.82 Å². The van der Waals surface area contributed by atoms with E-state index in [9.17, 15) is 13.2 Å². The Bertz CT molecular complexity index is 3560. The summed E-state index contributed by atoms with van der Waals surface area (Å²) in [5.41, 5.74) is 13.1. The lowest BCUT2D eigenvalue weighted by atomic mass is 10.0. The summed E-state index contributed by atoms with van der Waals surface area (Å²) in [4.78, 5) is 42.0. The van der Waals surface area contributed by atoms with Gasteiger partial charge in [0.05, 0.1) is 25.5 Å². The Labute approximate surface area is 623 Å². The van der Waals surface area contributed by atoms with Gasteiger partial charge in [0.25, 0.3) is 5.19 Å². The molecule has 103 heavy (non-hydrogen) atoms. The van der Waals surface area contributed by atoms with Crippen molar-refractivity contribution in [1.82, 2.24) is 49.8 Å². The maximum atomic E-state index is 11.8. The number of methoxy groups -OCH3 is 2. The van der Waals surface area contributed by atoms with Crippen LogP contribution < -0.4 is 14.2 Å². The van der Waals surface area contributed by atoms with E-state index in [2.05, 4.69) is 241 Å². The lowest BCUT2D eigenvalue weighted by Gasteiger charge is -2.10. The molecule has 566 valence electrons. The van der Waals surface area contributed by atoms with Crippen LogP contribution in [0.2, 0.25) is 0 Å². The molecule has 0 radical (unpaired) electrons. The second-order valence-corrected chi connectivity index (χ2v) is 29.8. The summed E-state index contributed by atoms with van der Waals surface area (Å²) in [6.45, 7) is 54.5. The van der Waals surface area contributed by atoms with E-state index in [4.69, 9.17) is 19.0 Å². The van der Waals surface area contributed by atoms with Crippen LogP contribution in [-0.4, -0.2) is 75.5 Å². The summed E-state index contributed by atoms with van der Waals surface area (Å²) in [6.07, 6.45) is 15.5. The van der Waals surface area contributed by atoms with Crippen molar-refractivity contribution in [3.63, 3.8) is 0 Å². The van der Waals surface area contributed by atoms with E-state index < -0.39 is 12.2 Å². The lowest BCUT2D eigenvalue weighted by Crippen LogP contribution is -2.18. The van der Waals surface area contributed by atoms with Gasteiger partial charge in [-0.3, -0.25) is 9.97 Å². The molecule has 20 heteroatoms. The largest absolute Gasteiger partial charge is 0.574 e. The molecule has 0 fully saturated rings. The minimum Gasteiger partial charge on any atom is -0.497 e. The van der Waals surface area contributed by atoms with Crippen LogP contribution in [0.3, 0.4) is 0 Å². The van der Waals surface area contributed by atoms with Crippen molar-refractivity contribution >= 4 is 22.7 Å². The van der Waals surface area contributed by atoms with Crippen molar-refractivity contribution < 1.29 is 36.9 Å². The van der Waals surface area contributed by atoms with Crippen molar-refractivity contribution in [1.29, 1.82) is 0 Å². The number of halogens is 3. The van der Waals surface area contributed by atoms with E-state index in [1.54, 1.807) is 55.4 Å². The molecule has 0 atom stereocenters. The maximum absolute atomic E-state index is 11.8. The quantitative estimate of drug-likeness (QED) is 0.104. The number of aliphatic hydroxyl groups is 1. The number of ether oxygens (including phenoxy) is 3. The number of hydrogen-bond donors (Lipinski definition) is 2. The van der Waals surface area contributed by atoms with E-state index in [1.165, 1.54) is 66.1 Å². The molecule has 9 aromatic heterocycles. The molecule has 2 N–H and O–H groups in total. The molecule has 0 aliphatic carbocycles. The molecule has 0 spiro atoms. The molecule has 9 heterocycles. The second-order valence-electron chi connectivity index (χ2n) is 27.5. The Morgan fingerprint density at radius 2 is 0.893 bits per heavy atom. The van der Waals surface area contributed by atoms with Crippen molar-refractivity contribution in [3.8, 4) is 16.8 Å². The van der Waals surface area contributed by atoms with Crippen molar-refractivity contribution in [3.05, 3.63) is 235 Å². The summed E-state index contributed by atoms with van der Waals surface area (Å²) in [5.74, 6) is 8.15. The van der Waals surface area contributed by atoms with E-state index in [-0.39, 0.29) is 12.5 Å². The third-order valence-corrected chi connectivity index (χ3v) is 17.5. The predicted molar refractivity (Wildman–Crippen MR) is 422 cm³/mol. The van der Waals surface area contributed by atoms with Gasteiger partial charge < -0.3 is 28.7 Å². The second kappa shape index (κ2) is 49.5. The van der Waals surface area contributed by atoms with Crippen LogP contribution >= 0.6 is 22.7 Å². The molecule has 0 bridgehead atoms. The molecular formula is C83H121F3N10O5S2. The van der Waals surface area contributed by atoms with Crippen LogP contribution in [0.5, 0.6) is 16.8 Å². The van der Waals surface area contributed by atoms with Crippen molar-refractivity contribution in [2.75, 3.05) is 14.2 Å². The summed E-state index contributed by atoms with van der Waals surface area (Å²) in [7, 11) is 3.34. The first-order valence-electron chi connectivity index (χ1n) is 35.3. The van der Waals surface area contributed by atoms with Crippen LogP contribution in [0.1, 0.15) is 291 Å². The van der Waals surface area contributed by atoms with Crippen molar-refractivity contribution in [2.45, 2.75) is 252 Å². The Hall–Kier alpha value is -8.20. The highest BCUT2D eigenvalue weighted by molar-refractivity contribution is 7.13. The predicted octanol–water partition coefficient (Wildman–Crippen LogP) is 24.0. The number of hydrogen-bond acceptors (Lipinski definition) is 16. The van der Waals surface area contributed by atoms with Crippen molar-refractivity contribution in [2.24, 2.45) is 0 Å². The van der Waals surface area contributed by atoms with E-state index in [0.717, 1.165) is 45.0 Å². The number of H-pyrrole nitrogens is 1. The lowest BCUT2D eigenvalue weighted by molar-refractivity contribution is -0.276. The maximum Gasteiger partial charge on any atom is 0.574 e.